The summed E-state index contributed by atoms with van der Waals surface area (Å²) in [4.78, 5) is 29.5. The van der Waals surface area contributed by atoms with Gasteiger partial charge in [-0.1, -0.05) is 0 Å². The topological polar surface area (TPSA) is 91.6 Å². The highest BCUT2D eigenvalue weighted by molar-refractivity contribution is 6.00. The van der Waals surface area contributed by atoms with Crippen molar-refractivity contribution in [3.05, 3.63) is 24.2 Å². The summed E-state index contributed by atoms with van der Waals surface area (Å²) in [5.74, 6) is -3.69. The Kier molecular flexibility index (Phi) is 2.91. The Bertz CT molecular complexity index is 936. The van der Waals surface area contributed by atoms with Gasteiger partial charge in [0.1, 0.15) is 0 Å². The number of nitrogens with one attached hydrogen (secondary N) is 2. The maximum atomic E-state index is 13.9. The summed E-state index contributed by atoms with van der Waals surface area (Å²) in [6.45, 7) is 0.665. The number of nitrogens with zero attached hydrogens (tertiary/aromatic N) is 4. The Morgan fingerprint density at radius 3 is 2.69 bits per heavy atom. The van der Waals surface area contributed by atoms with Gasteiger partial charge in [-0.05, 0) is 12.5 Å². The maximum Gasteiger partial charge on any atom is 0.321 e. The van der Waals surface area contributed by atoms with Crippen LogP contribution in [0.3, 0.4) is 0 Å². The number of amides is 3. The molecule has 1 atom stereocenters. The fourth-order valence-electron chi connectivity index (χ4n) is 4.00. The molecule has 2 aromatic heterocycles. The number of alkyl halides is 2. The van der Waals surface area contributed by atoms with E-state index in [0.717, 1.165) is 0 Å². The molecule has 0 aromatic carbocycles. The van der Waals surface area contributed by atoms with E-state index in [1.165, 1.54) is 4.52 Å². The zero-order valence-corrected chi connectivity index (χ0v) is 13.7. The van der Waals surface area contributed by atoms with Crippen molar-refractivity contribution >= 4 is 23.3 Å². The van der Waals surface area contributed by atoms with Crippen LogP contribution in [0.15, 0.2) is 18.5 Å². The van der Waals surface area contributed by atoms with E-state index in [4.69, 9.17) is 0 Å². The van der Waals surface area contributed by atoms with Gasteiger partial charge in [-0.25, -0.2) is 23.1 Å². The summed E-state index contributed by atoms with van der Waals surface area (Å²) in [5.41, 5.74) is 0.768. The van der Waals surface area contributed by atoms with Crippen molar-refractivity contribution in [2.45, 2.75) is 24.7 Å². The van der Waals surface area contributed by atoms with Crippen molar-refractivity contribution in [2.24, 2.45) is 5.41 Å². The lowest BCUT2D eigenvalue weighted by Gasteiger charge is -2.60. The van der Waals surface area contributed by atoms with E-state index < -0.39 is 29.2 Å². The molecular weight excluding hydrogens is 346 g/mol. The number of carbonyl (C=O) groups is 2. The second-order valence-electron chi connectivity index (χ2n) is 7.24. The number of imide groups is 1. The molecule has 4 heterocycles. The zero-order chi connectivity index (χ0) is 18.1. The fraction of sp³-hybridized carbons (Fsp3) is 0.500. The van der Waals surface area contributed by atoms with Crippen LogP contribution in [-0.4, -0.2) is 52.1 Å². The summed E-state index contributed by atoms with van der Waals surface area (Å²) < 4.78 is 29.3. The van der Waals surface area contributed by atoms with Crippen LogP contribution in [0.1, 0.15) is 24.5 Å². The first-order valence-corrected chi connectivity index (χ1v) is 8.44. The largest absolute Gasteiger partial charge is 0.367 e. The monoisotopic (exact) mass is 362 g/mol. The molecule has 3 fully saturated rings. The first kappa shape index (κ1) is 15.5. The molecule has 136 valence electrons. The number of imidazole rings is 1. The van der Waals surface area contributed by atoms with Crippen LogP contribution in [0.5, 0.6) is 0 Å². The highest BCUT2D eigenvalue weighted by Gasteiger charge is 2.67. The SMILES string of the molecule is O=C1NCC(c2cc(N3CC4(CCC4(F)F)C3)c3nccn3n2)C(=O)N1. The van der Waals surface area contributed by atoms with Crippen LogP contribution in [0, 0.1) is 5.41 Å². The third-order valence-electron chi connectivity index (χ3n) is 5.76. The van der Waals surface area contributed by atoms with Gasteiger partial charge in [0.2, 0.25) is 5.91 Å². The molecule has 3 aliphatic rings. The molecule has 3 amide bonds. The molecule has 5 rings (SSSR count). The van der Waals surface area contributed by atoms with Crippen LogP contribution in [-0.2, 0) is 4.79 Å². The number of rotatable bonds is 2. The minimum absolute atomic E-state index is 0.0524. The van der Waals surface area contributed by atoms with Gasteiger partial charge in [0.05, 0.1) is 22.7 Å². The normalized spacial score (nSPS) is 26.2. The Balaban J connectivity index is 1.49. The van der Waals surface area contributed by atoms with Crippen molar-refractivity contribution in [2.75, 3.05) is 24.5 Å². The molecular formula is C16H16F2N6O2. The van der Waals surface area contributed by atoms with Crippen LogP contribution in [0.25, 0.3) is 5.65 Å². The molecule has 0 radical (unpaired) electrons. The standard InChI is InChI=1S/C16H16F2N6O2/c17-16(18)2-1-15(16)7-23(8-15)11-5-10(22-24-4-3-19-12(11)24)9-6-20-14(26)21-13(9)25/h3-5,9H,1-2,6-8H2,(H2,20,21,25,26). The summed E-state index contributed by atoms with van der Waals surface area (Å²) in [5, 5.41) is 9.20. The molecule has 1 aliphatic carbocycles. The molecule has 1 unspecified atom stereocenters. The Labute approximate surface area is 146 Å². The first-order chi connectivity index (χ1) is 12.4. The van der Waals surface area contributed by atoms with E-state index in [1.54, 1.807) is 18.5 Å². The lowest BCUT2D eigenvalue weighted by Crippen LogP contribution is -2.70. The van der Waals surface area contributed by atoms with Crippen LogP contribution in [0.2, 0.25) is 0 Å². The molecule has 1 saturated carbocycles. The van der Waals surface area contributed by atoms with E-state index in [2.05, 4.69) is 20.7 Å². The van der Waals surface area contributed by atoms with Gasteiger partial charge in [0, 0.05) is 38.4 Å². The van der Waals surface area contributed by atoms with Gasteiger partial charge in [-0.3, -0.25) is 10.1 Å². The minimum atomic E-state index is -2.61. The second kappa shape index (κ2) is 4.89. The molecule has 2 aliphatic heterocycles. The fourth-order valence-corrected chi connectivity index (χ4v) is 4.00. The lowest BCUT2D eigenvalue weighted by atomic mass is 9.60. The van der Waals surface area contributed by atoms with Crippen LogP contribution >= 0.6 is 0 Å². The predicted octanol–water partition coefficient (Wildman–Crippen LogP) is 0.888. The number of halogens is 2. The summed E-state index contributed by atoms with van der Waals surface area (Å²) in [7, 11) is 0. The Morgan fingerprint density at radius 2 is 2.04 bits per heavy atom. The van der Waals surface area contributed by atoms with Crippen LogP contribution < -0.4 is 15.5 Å². The predicted molar refractivity (Wildman–Crippen MR) is 86.1 cm³/mol. The third-order valence-corrected chi connectivity index (χ3v) is 5.76. The number of urea groups is 1. The average molecular weight is 362 g/mol. The Morgan fingerprint density at radius 1 is 1.23 bits per heavy atom. The molecule has 2 saturated heterocycles. The van der Waals surface area contributed by atoms with Gasteiger partial charge < -0.3 is 10.2 Å². The second-order valence-corrected chi connectivity index (χ2v) is 7.24. The molecule has 0 bridgehead atoms. The van der Waals surface area contributed by atoms with Crippen molar-refractivity contribution in [3.63, 3.8) is 0 Å². The first-order valence-electron chi connectivity index (χ1n) is 8.44. The van der Waals surface area contributed by atoms with E-state index in [9.17, 15) is 18.4 Å². The molecule has 2 N–H and O–H groups in total. The number of carbonyl (C=O) groups excluding carboxylic acids is 2. The Hall–Kier alpha value is -2.78. The molecule has 1 spiro atoms. The van der Waals surface area contributed by atoms with Crippen molar-refractivity contribution < 1.29 is 18.4 Å². The highest BCUT2D eigenvalue weighted by Crippen LogP contribution is 2.59. The van der Waals surface area contributed by atoms with Gasteiger partial charge >= 0.3 is 6.03 Å². The highest BCUT2D eigenvalue weighted by atomic mass is 19.3. The minimum Gasteiger partial charge on any atom is -0.367 e. The number of hydrogen-bond acceptors (Lipinski definition) is 5. The van der Waals surface area contributed by atoms with Gasteiger partial charge in [0.15, 0.2) is 5.65 Å². The zero-order valence-electron chi connectivity index (χ0n) is 13.7. The maximum absolute atomic E-state index is 13.9. The smallest absolute Gasteiger partial charge is 0.321 e. The number of aromatic nitrogens is 3. The number of hydrogen-bond donors (Lipinski definition) is 2. The molecule has 2 aromatic rings. The van der Waals surface area contributed by atoms with Gasteiger partial charge in [-0.2, -0.15) is 5.10 Å². The number of fused-ring (bicyclic) bond motifs is 1. The number of anilines is 1. The van der Waals surface area contributed by atoms with Crippen molar-refractivity contribution in [3.8, 4) is 0 Å². The third kappa shape index (κ3) is 1.98. The summed E-state index contributed by atoms with van der Waals surface area (Å²) >= 11 is 0. The van der Waals surface area contributed by atoms with Crippen molar-refractivity contribution in [1.29, 1.82) is 0 Å². The average Bonchev–Trinajstić information content (AvgIpc) is 3.01. The van der Waals surface area contributed by atoms with E-state index in [0.29, 0.717) is 23.4 Å². The van der Waals surface area contributed by atoms with E-state index in [-0.39, 0.29) is 26.1 Å². The summed E-state index contributed by atoms with van der Waals surface area (Å²) in [6.07, 6.45) is 3.69. The van der Waals surface area contributed by atoms with Crippen LogP contribution in [0.4, 0.5) is 19.3 Å². The quantitative estimate of drug-likeness (QED) is 0.828. The van der Waals surface area contributed by atoms with Crippen molar-refractivity contribution in [1.82, 2.24) is 25.2 Å². The lowest BCUT2D eigenvalue weighted by molar-refractivity contribution is -0.212. The molecule has 8 nitrogen and oxygen atoms in total. The summed E-state index contributed by atoms with van der Waals surface area (Å²) in [6, 6.07) is 1.18. The van der Waals surface area contributed by atoms with E-state index >= 15 is 0 Å². The van der Waals surface area contributed by atoms with E-state index in [1.807, 2.05) is 4.90 Å². The van der Waals surface area contributed by atoms with Gasteiger partial charge in [-0.15, -0.1) is 0 Å². The molecule has 26 heavy (non-hydrogen) atoms. The van der Waals surface area contributed by atoms with Gasteiger partial charge in [0.25, 0.3) is 5.92 Å². The molecule has 10 heteroatoms.